The number of imidazole rings is 1. The number of rotatable bonds is 10. The number of nitrogens with one attached hydrogen (secondary N) is 2. The Bertz CT molecular complexity index is 1000. The van der Waals surface area contributed by atoms with E-state index in [2.05, 4.69) is 19.4 Å². The maximum atomic E-state index is 12.4. The quantitative estimate of drug-likeness (QED) is 0.481. The smallest absolute Gasteiger partial charge is 0.240 e. The van der Waals surface area contributed by atoms with Gasteiger partial charge in [-0.15, -0.1) is 0 Å². The summed E-state index contributed by atoms with van der Waals surface area (Å²) in [7, 11) is -3.52. The first kappa shape index (κ1) is 20.1. The molecule has 2 N–H and O–H groups in total. The maximum absolute atomic E-state index is 12.4. The van der Waals surface area contributed by atoms with Crippen molar-refractivity contribution in [1.29, 1.82) is 0 Å². The lowest BCUT2D eigenvalue weighted by Crippen LogP contribution is -2.25. The van der Waals surface area contributed by atoms with Crippen molar-refractivity contribution >= 4 is 44.1 Å². The van der Waals surface area contributed by atoms with Crippen LogP contribution in [0, 0.1) is 6.92 Å². The Hall–Kier alpha value is -1.68. The Morgan fingerprint density at radius 3 is 2.78 bits per heavy atom. The van der Waals surface area contributed by atoms with Gasteiger partial charge in [-0.25, -0.2) is 18.1 Å². The minimum atomic E-state index is -3.52. The third-order valence-electron chi connectivity index (χ3n) is 4.24. The van der Waals surface area contributed by atoms with Gasteiger partial charge < -0.3 is 5.32 Å². The predicted molar refractivity (Wildman–Crippen MR) is 109 cm³/mol. The summed E-state index contributed by atoms with van der Waals surface area (Å²) in [5.41, 5.74) is 0.576. The largest absolute Gasteiger partial charge is 0.355 e. The highest BCUT2D eigenvalue weighted by Gasteiger charge is 2.17. The van der Waals surface area contributed by atoms with E-state index in [9.17, 15) is 8.42 Å². The topological polar surface area (TPSA) is 88.4 Å². The van der Waals surface area contributed by atoms with E-state index in [1.54, 1.807) is 31.3 Å². The van der Waals surface area contributed by atoms with Gasteiger partial charge in [-0.05, 0) is 37.5 Å². The van der Waals surface area contributed by atoms with Gasteiger partial charge in [0.15, 0.2) is 0 Å². The fourth-order valence-corrected chi connectivity index (χ4v) is 4.96. The second-order valence-electron chi connectivity index (χ2n) is 6.19. The van der Waals surface area contributed by atoms with Crippen molar-refractivity contribution in [1.82, 2.24) is 18.5 Å². The molecule has 0 aliphatic rings. The van der Waals surface area contributed by atoms with Crippen LogP contribution in [0.15, 0.2) is 35.5 Å². The van der Waals surface area contributed by atoms with Crippen LogP contribution in [0.5, 0.6) is 0 Å². The number of hydrogen-bond acceptors (Lipinski definition) is 6. The summed E-state index contributed by atoms with van der Waals surface area (Å²) in [5.74, 6) is 0.817. The van der Waals surface area contributed by atoms with E-state index >= 15 is 0 Å². The molecular formula is C17H22ClN5O2S2. The zero-order valence-corrected chi connectivity index (χ0v) is 17.4. The van der Waals surface area contributed by atoms with Gasteiger partial charge in [0, 0.05) is 42.0 Å². The molecule has 0 atom stereocenters. The molecule has 0 aliphatic heterocycles. The number of benzene rings is 1. The molecule has 0 aliphatic carbocycles. The van der Waals surface area contributed by atoms with Crippen LogP contribution in [0.1, 0.15) is 31.2 Å². The van der Waals surface area contributed by atoms with Gasteiger partial charge in [0.05, 0.1) is 4.90 Å². The van der Waals surface area contributed by atoms with E-state index in [0.717, 1.165) is 43.1 Å². The first-order valence-electron chi connectivity index (χ1n) is 8.76. The molecule has 7 nitrogen and oxygen atoms in total. The Morgan fingerprint density at radius 1 is 1.19 bits per heavy atom. The van der Waals surface area contributed by atoms with Crippen molar-refractivity contribution in [3.8, 4) is 0 Å². The summed E-state index contributed by atoms with van der Waals surface area (Å²) in [6.45, 7) is 2.96. The number of nitrogens with zero attached hydrogens (tertiary/aromatic N) is 3. The minimum absolute atomic E-state index is 0.244. The molecule has 2 aromatic heterocycles. The molecule has 146 valence electrons. The summed E-state index contributed by atoms with van der Waals surface area (Å²) < 4.78 is 33.6. The predicted octanol–water partition coefficient (Wildman–Crippen LogP) is 3.70. The third-order valence-corrected chi connectivity index (χ3v) is 6.98. The van der Waals surface area contributed by atoms with Gasteiger partial charge in [0.25, 0.3) is 0 Å². The molecule has 0 saturated heterocycles. The number of unbranched alkanes of at least 4 members (excludes halogenated alkanes) is 3. The molecule has 0 saturated carbocycles. The highest BCUT2D eigenvalue weighted by Crippen LogP contribution is 2.22. The van der Waals surface area contributed by atoms with Gasteiger partial charge >= 0.3 is 0 Å². The fraction of sp³-hybridized carbons (Fsp3) is 0.412. The molecule has 2 heterocycles. The molecule has 0 amide bonds. The van der Waals surface area contributed by atoms with Gasteiger partial charge in [-0.3, -0.25) is 4.40 Å². The van der Waals surface area contributed by atoms with Crippen LogP contribution in [0.2, 0.25) is 5.02 Å². The van der Waals surface area contributed by atoms with Crippen LogP contribution < -0.4 is 10.0 Å². The van der Waals surface area contributed by atoms with Crippen molar-refractivity contribution < 1.29 is 8.42 Å². The third kappa shape index (κ3) is 4.98. The van der Waals surface area contributed by atoms with E-state index < -0.39 is 10.0 Å². The fourth-order valence-electron chi connectivity index (χ4n) is 2.73. The zero-order valence-electron chi connectivity index (χ0n) is 15.0. The summed E-state index contributed by atoms with van der Waals surface area (Å²) in [5, 5.41) is 3.76. The SMILES string of the molecule is Cc1c(Cl)cccc1S(=O)(=O)NCCCCCCNc1nsc2nccn12. The Kier molecular flexibility index (Phi) is 6.69. The van der Waals surface area contributed by atoms with Gasteiger partial charge in [-0.1, -0.05) is 30.5 Å². The number of halogens is 1. The first-order valence-corrected chi connectivity index (χ1v) is 11.4. The summed E-state index contributed by atoms with van der Waals surface area (Å²) >= 11 is 7.37. The normalized spacial score (nSPS) is 11.9. The zero-order chi connectivity index (χ0) is 19.3. The Balaban J connectivity index is 1.33. The van der Waals surface area contributed by atoms with Crippen LogP contribution in [-0.4, -0.2) is 35.3 Å². The molecule has 3 rings (SSSR count). The number of sulfonamides is 1. The lowest BCUT2D eigenvalue weighted by molar-refractivity contribution is 0.572. The van der Waals surface area contributed by atoms with Crippen molar-refractivity contribution in [3.05, 3.63) is 41.2 Å². The Labute approximate surface area is 168 Å². The van der Waals surface area contributed by atoms with Crippen molar-refractivity contribution in [2.75, 3.05) is 18.4 Å². The lowest BCUT2D eigenvalue weighted by Gasteiger charge is -2.10. The van der Waals surface area contributed by atoms with Crippen LogP contribution in [0.3, 0.4) is 0 Å². The number of fused-ring (bicyclic) bond motifs is 1. The van der Waals surface area contributed by atoms with Crippen LogP contribution in [0.4, 0.5) is 5.95 Å². The van der Waals surface area contributed by atoms with Crippen molar-refractivity contribution in [3.63, 3.8) is 0 Å². The van der Waals surface area contributed by atoms with Gasteiger partial charge in [0.1, 0.15) is 0 Å². The molecular weight excluding hydrogens is 406 g/mol. The molecule has 0 bridgehead atoms. The average Bonchev–Trinajstić information content (AvgIpc) is 3.24. The number of anilines is 1. The molecule has 0 radical (unpaired) electrons. The molecule has 1 aromatic carbocycles. The first-order chi connectivity index (χ1) is 13.0. The van der Waals surface area contributed by atoms with Gasteiger partial charge in [0.2, 0.25) is 20.9 Å². The minimum Gasteiger partial charge on any atom is -0.355 e. The van der Waals surface area contributed by atoms with E-state index in [4.69, 9.17) is 11.6 Å². The van der Waals surface area contributed by atoms with E-state index in [0.29, 0.717) is 17.1 Å². The standard InChI is InChI=1S/C17H22ClN5O2S2/c1-13-14(18)7-6-8-15(13)27(24,25)21-10-5-3-2-4-9-19-16-22-26-17-20-11-12-23(16)17/h6-8,11-12,21H,2-5,9-10H2,1H3,(H,19,22). The highest BCUT2D eigenvalue weighted by atomic mass is 35.5. The monoisotopic (exact) mass is 427 g/mol. The summed E-state index contributed by atoms with van der Waals surface area (Å²) in [4.78, 5) is 5.30. The average molecular weight is 428 g/mol. The van der Waals surface area contributed by atoms with Crippen LogP contribution in [-0.2, 0) is 10.0 Å². The van der Waals surface area contributed by atoms with Crippen LogP contribution >= 0.6 is 23.1 Å². The molecule has 0 fully saturated rings. The molecule has 27 heavy (non-hydrogen) atoms. The summed E-state index contributed by atoms with van der Waals surface area (Å²) in [6.07, 6.45) is 7.40. The van der Waals surface area contributed by atoms with Crippen molar-refractivity contribution in [2.45, 2.75) is 37.5 Å². The van der Waals surface area contributed by atoms with Gasteiger partial charge in [-0.2, -0.15) is 4.37 Å². The molecule has 10 heteroatoms. The lowest BCUT2D eigenvalue weighted by atomic mass is 10.2. The second kappa shape index (κ2) is 9.01. The molecule has 0 unspecified atom stereocenters. The highest BCUT2D eigenvalue weighted by molar-refractivity contribution is 7.89. The second-order valence-corrected chi connectivity index (χ2v) is 9.06. The Morgan fingerprint density at radius 2 is 1.96 bits per heavy atom. The van der Waals surface area contributed by atoms with Crippen molar-refractivity contribution in [2.24, 2.45) is 0 Å². The maximum Gasteiger partial charge on any atom is 0.240 e. The number of aromatic nitrogens is 3. The van der Waals surface area contributed by atoms with Crippen LogP contribution in [0.25, 0.3) is 4.96 Å². The van der Waals surface area contributed by atoms with E-state index in [1.165, 1.54) is 11.5 Å². The summed E-state index contributed by atoms with van der Waals surface area (Å²) in [6, 6.07) is 4.91. The molecule has 3 aromatic rings. The number of hydrogen-bond donors (Lipinski definition) is 2. The molecule has 0 spiro atoms. The van der Waals surface area contributed by atoms with E-state index in [1.807, 2.05) is 10.6 Å². The van der Waals surface area contributed by atoms with E-state index in [-0.39, 0.29) is 4.90 Å².